The molecular formula is C17H17NO5. The van der Waals surface area contributed by atoms with Gasteiger partial charge in [0.1, 0.15) is 11.5 Å². The topological polar surface area (TPSA) is 78.7 Å². The van der Waals surface area contributed by atoms with Gasteiger partial charge in [-0.3, -0.25) is 10.1 Å². The van der Waals surface area contributed by atoms with Crippen LogP contribution in [0.4, 0.5) is 5.69 Å². The van der Waals surface area contributed by atoms with E-state index in [1.54, 1.807) is 6.07 Å². The minimum atomic E-state index is -0.562. The number of aryl methyl sites for hydroxylation is 2. The second-order valence-corrected chi connectivity index (χ2v) is 5.17. The number of carbonyl (C=O) groups is 1. The van der Waals surface area contributed by atoms with Crippen LogP contribution in [-0.2, 0) is 4.79 Å². The van der Waals surface area contributed by atoms with Gasteiger partial charge in [-0.15, -0.1) is 0 Å². The molecule has 2 rings (SSSR count). The number of rotatable bonds is 5. The van der Waals surface area contributed by atoms with Crippen molar-refractivity contribution in [2.75, 3.05) is 6.61 Å². The van der Waals surface area contributed by atoms with Crippen LogP contribution in [0, 0.1) is 30.9 Å². The van der Waals surface area contributed by atoms with Crippen molar-refractivity contribution in [2.24, 2.45) is 0 Å². The molecule has 2 aromatic carbocycles. The fourth-order valence-electron chi connectivity index (χ4n) is 2.05. The van der Waals surface area contributed by atoms with Gasteiger partial charge < -0.3 is 9.47 Å². The summed E-state index contributed by atoms with van der Waals surface area (Å²) in [5, 5.41) is 10.7. The maximum Gasteiger partial charge on any atom is 0.349 e. The summed E-state index contributed by atoms with van der Waals surface area (Å²) in [6.45, 7) is 5.35. The first-order valence-electron chi connectivity index (χ1n) is 7.03. The van der Waals surface area contributed by atoms with Crippen molar-refractivity contribution in [3.63, 3.8) is 0 Å². The molecule has 0 amide bonds. The van der Waals surface area contributed by atoms with Crippen molar-refractivity contribution >= 4 is 11.7 Å². The van der Waals surface area contributed by atoms with Gasteiger partial charge in [0.2, 0.25) is 0 Å². The molecule has 0 bridgehead atoms. The quantitative estimate of drug-likeness (QED) is 0.365. The van der Waals surface area contributed by atoms with Crippen molar-refractivity contribution in [2.45, 2.75) is 20.8 Å². The molecule has 0 atom stereocenters. The third-order valence-corrected chi connectivity index (χ3v) is 3.47. The maximum absolute atomic E-state index is 11.9. The number of ether oxygens (including phenoxy) is 2. The standard InChI is InChI=1S/C17H17NO5/c1-11-7-8-12(2)17(13(11)3)23-16(19)10-22-15-6-4-5-14(9-15)18(20)21/h4-9H,10H2,1-3H3. The molecule has 6 heteroatoms. The van der Waals surface area contributed by atoms with E-state index in [1.165, 1.54) is 18.2 Å². The van der Waals surface area contributed by atoms with E-state index in [0.29, 0.717) is 5.75 Å². The molecule has 0 fully saturated rings. The summed E-state index contributed by atoms with van der Waals surface area (Å²) in [6.07, 6.45) is 0. The molecule has 0 heterocycles. The second-order valence-electron chi connectivity index (χ2n) is 5.17. The highest BCUT2D eigenvalue weighted by molar-refractivity contribution is 5.75. The van der Waals surface area contributed by atoms with E-state index >= 15 is 0 Å². The van der Waals surface area contributed by atoms with E-state index in [1.807, 2.05) is 32.9 Å². The SMILES string of the molecule is Cc1ccc(C)c(OC(=O)COc2cccc([N+](=O)[O-])c2)c1C. The number of nitro groups is 1. The van der Waals surface area contributed by atoms with Crippen molar-refractivity contribution < 1.29 is 19.2 Å². The molecule has 0 radical (unpaired) electrons. The summed E-state index contributed by atoms with van der Waals surface area (Å²) in [5.74, 6) is 0.208. The Morgan fingerprint density at radius 2 is 1.83 bits per heavy atom. The first kappa shape index (κ1) is 16.5. The monoisotopic (exact) mass is 315 g/mol. The molecule has 0 aliphatic carbocycles. The van der Waals surface area contributed by atoms with E-state index in [4.69, 9.17) is 9.47 Å². The third-order valence-electron chi connectivity index (χ3n) is 3.47. The number of hydrogen-bond acceptors (Lipinski definition) is 5. The zero-order valence-corrected chi connectivity index (χ0v) is 13.2. The van der Waals surface area contributed by atoms with Crippen LogP contribution in [0.5, 0.6) is 11.5 Å². The van der Waals surface area contributed by atoms with Crippen LogP contribution in [0.2, 0.25) is 0 Å². The molecule has 2 aromatic rings. The van der Waals surface area contributed by atoms with E-state index in [9.17, 15) is 14.9 Å². The number of nitro benzene ring substituents is 1. The van der Waals surface area contributed by atoms with E-state index in [-0.39, 0.29) is 18.0 Å². The average molecular weight is 315 g/mol. The molecule has 0 aliphatic rings. The highest BCUT2D eigenvalue weighted by Gasteiger charge is 2.13. The summed E-state index contributed by atoms with van der Waals surface area (Å²) in [5.41, 5.74) is 2.68. The largest absolute Gasteiger partial charge is 0.482 e. The van der Waals surface area contributed by atoms with Gasteiger partial charge in [0.25, 0.3) is 5.69 Å². The summed E-state index contributed by atoms with van der Waals surface area (Å²) in [7, 11) is 0. The van der Waals surface area contributed by atoms with Crippen LogP contribution in [0.15, 0.2) is 36.4 Å². The molecule has 0 saturated carbocycles. The minimum Gasteiger partial charge on any atom is -0.482 e. The Balaban J connectivity index is 2.02. The fourth-order valence-corrected chi connectivity index (χ4v) is 2.05. The Bertz CT molecular complexity index is 755. The fraction of sp³-hybridized carbons (Fsp3) is 0.235. The normalized spacial score (nSPS) is 10.2. The summed E-state index contributed by atoms with van der Waals surface area (Å²) >= 11 is 0. The number of hydrogen-bond donors (Lipinski definition) is 0. The van der Waals surface area contributed by atoms with Crippen LogP contribution in [0.1, 0.15) is 16.7 Å². The Labute approximate surface area is 133 Å². The van der Waals surface area contributed by atoms with Gasteiger partial charge in [-0.2, -0.15) is 0 Å². The van der Waals surface area contributed by atoms with E-state index in [0.717, 1.165) is 16.7 Å². The molecule has 0 unspecified atom stereocenters. The molecule has 0 spiro atoms. The maximum atomic E-state index is 11.9. The van der Waals surface area contributed by atoms with Crippen LogP contribution in [0.25, 0.3) is 0 Å². The first-order chi connectivity index (χ1) is 10.9. The van der Waals surface area contributed by atoms with Gasteiger partial charge in [0, 0.05) is 6.07 Å². The molecule has 23 heavy (non-hydrogen) atoms. The Morgan fingerprint density at radius 3 is 2.52 bits per heavy atom. The molecule has 120 valence electrons. The van der Waals surface area contributed by atoms with Gasteiger partial charge in [-0.1, -0.05) is 18.2 Å². The highest BCUT2D eigenvalue weighted by Crippen LogP contribution is 2.26. The van der Waals surface area contributed by atoms with Crippen molar-refractivity contribution in [1.82, 2.24) is 0 Å². The summed E-state index contributed by atoms with van der Waals surface area (Å²) < 4.78 is 10.6. The Morgan fingerprint density at radius 1 is 1.13 bits per heavy atom. The van der Waals surface area contributed by atoms with Crippen LogP contribution >= 0.6 is 0 Å². The lowest BCUT2D eigenvalue weighted by molar-refractivity contribution is -0.384. The van der Waals surface area contributed by atoms with Crippen LogP contribution in [-0.4, -0.2) is 17.5 Å². The lowest BCUT2D eigenvalue weighted by atomic mass is 10.1. The smallest absolute Gasteiger partial charge is 0.349 e. The number of carbonyl (C=O) groups excluding carboxylic acids is 1. The Kier molecular flexibility index (Phi) is 4.95. The lowest BCUT2D eigenvalue weighted by Gasteiger charge is -2.12. The number of nitrogens with zero attached hydrogens (tertiary/aromatic N) is 1. The van der Waals surface area contributed by atoms with Gasteiger partial charge in [-0.05, 0) is 43.5 Å². The van der Waals surface area contributed by atoms with E-state index < -0.39 is 10.9 Å². The number of non-ortho nitro benzene ring substituents is 1. The van der Waals surface area contributed by atoms with Crippen molar-refractivity contribution in [1.29, 1.82) is 0 Å². The number of esters is 1. The predicted molar refractivity (Wildman–Crippen MR) is 84.9 cm³/mol. The molecule has 0 saturated heterocycles. The van der Waals surface area contributed by atoms with Crippen LogP contribution in [0.3, 0.4) is 0 Å². The molecule has 0 N–H and O–H groups in total. The average Bonchev–Trinajstić information content (AvgIpc) is 2.53. The highest BCUT2D eigenvalue weighted by atomic mass is 16.6. The third kappa shape index (κ3) is 4.06. The van der Waals surface area contributed by atoms with Crippen LogP contribution < -0.4 is 9.47 Å². The molecule has 0 aromatic heterocycles. The summed E-state index contributed by atoms with van der Waals surface area (Å²) in [4.78, 5) is 22.1. The van der Waals surface area contributed by atoms with Gasteiger partial charge in [-0.25, -0.2) is 4.79 Å². The van der Waals surface area contributed by atoms with E-state index in [2.05, 4.69) is 0 Å². The zero-order valence-electron chi connectivity index (χ0n) is 13.2. The predicted octanol–water partition coefficient (Wildman–Crippen LogP) is 3.50. The lowest BCUT2D eigenvalue weighted by Crippen LogP contribution is -2.18. The van der Waals surface area contributed by atoms with Crippen molar-refractivity contribution in [3.8, 4) is 11.5 Å². The van der Waals surface area contributed by atoms with Gasteiger partial charge >= 0.3 is 5.97 Å². The minimum absolute atomic E-state index is 0.0961. The van der Waals surface area contributed by atoms with Gasteiger partial charge in [0.05, 0.1) is 11.0 Å². The first-order valence-corrected chi connectivity index (χ1v) is 7.03. The zero-order chi connectivity index (χ0) is 17.0. The van der Waals surface area contributed by atoms with Crippen molar-refractivity contribution in [3.05, 3.63) is 63.2 Å². The van der Waals surface area contributed by atoms with Gasteiger partial charge in [0.15, 0.2) is 6.61 Å². The second kappa shape index (κ2) is 6.91. The number of benzene rings is 2. The Hall–Kier alpha value is -2.89. The summed E-state index contributed by atoms with van der Waals surface area (Å²) in [6, 6.07) is 9.49. The molecule has 0 aliphatic heterocycles. The molecular weight excluding hydrogens is 298 g/mol. The molecule has 6 nitrogen and oxygen atoms in total.